The fraction of sp³-hybridized carbons (Fsp3) is 0.250. The molecule has 0 heterocycles. The van der Waals surface area contributed by atoms with Crippen molar-refractivity contribution in [3.8, 4) is 22.9 Å². The molecule has 1 aliphatic carbocycles. The first-order valence-electron chi connectivity index (χ1n) is 9.40. The predicted octanol–water partition coefficient (Wildman–Crippen LogP) is 4.92. The monoisotopic (exact) mass is 400 g/mol. The minimum absolute atomic E-state index is 0.127. The van der Waals surface area contributed by atoms with Gasteiger partial charge in [-0.15, -0.1) is 11.1 Å². The van der Waals surface area contributed by atoms with Crippen molar-refractivity contribution in [3.63, 3.8) is 0 Å². The highest BCUT2D eigenvalue weighted by Crippen LogP contribution is 2.31. The minimum atomic E-state index is -1.62. The molecule has 0 spiro atoms. The summed E-state index contributed by atoms with van der Waals surface area (Å²) in [6.45, 7) is 12.9. The lowest BCUT2D eigenvalue weighted by atomic mass is 9.80. The Bertz CT molecular complexity index is 1030. The van der Waals surface area contributed by atoms with Crippen LogP contribution >= 0.6 is 0 Å². The van der Waals surface area contributed by atoms with Crippen LogP contribution in [0.25, 0.3) is 0 Å². The molecule has 0 aromatic heterocycles. The zero-order valence-electron chi connectivity index (χ0n) is 17.3. The molecule has 0 fully saturated rings. The molecular formula is C24H24O2Si2. The minimum Gasteiger partial charge on any atom is -0.289 e. The average Bonchev–Trinajstić information content (AvgIpc) is 2.61. The quantitative estimate of drug-likeness (QED) is 0.396. The number of ketones is 2. The van der Waals surface area contributed by atoms with E-state index in [-0.39, 0.29) is 11.6 Å². The average molecular weight is 401 g/mol. The Hall–Kier alpha value is -2.67. The highest BCUT2D eigenvalue weighted by atomic mass is 28.3. The second kappa shape index (κ2) is 7.06. The molecule has 3 rings (SSSR count). The van der Waals surface area contributed by atoms with Crippen LogP contribution in [0, 0.1) is 22.9 Å². The molecule has 0 saturated heterocycles. The number of benzene rings is 2. The van der Waals surface area contributed by atoms with Crippen LogP contribution in [0.15, 0.2) is 36.4 Å². The number of fused-ring (bicyclic) bond motifs is 2. The van der Waals surface area contributed by atoms with Gasteiger partial charge in [0.1, 0.15) is 16.1 Å². The van der Waals surface area contributed by atoms with Crippen LogP contribution in [-0.2, 0) is 0 Å². The van der Waals surface area contributed by atoms with E-state index in [2.05, 4.69) is 62.2 Å². The van der Waals surface area contributed by atoms with Gasteiger partial charge in [-0.2, -0.15) is 0 Å². The molecule has 2 aromatic rings. The summed E-state index contributed by atoms with van der Waals surface area (Å²) in [5.74, 6) is 6.08. The Morgan fingerprint density at radius 3 is 1.36 bits per heavy atom. The van der Waals surface area contributed by atoms with Crippen LogP contribution in [-0.4, -0.2) is 27.7 Å². The van der Waals surface area contributed by atoms with E-state index in [1.165, 1.54) is 0 Å². The Morgan fingerprint density at radius 2 is 1.00 bits per heavy atom. The normalized spacial score (nSPS) is 12.9. The first kappa shape index (κ1) is 20.1. The van der Waals surface area contributed by atoms with Gasteiger partial charge in [0.15, 0.2) is 11.6 Å². The molecule has 1 aliphatic rings. The summed E-state index contributed by atoms with van der Waals surface area (Å²) in [5, 5.41) is 0. The third-order valence-corrected chi connectivity index (χ3v) is 5.97. The maximum atomic E-state index is 13.5. The Balaban J connectivity index is 2.24. The number of hydrogen-bond acceptors (Lipinski definition) is 2. The smallest absolute Gasteiger partial charge is 0.197 e. The van der Waals surface area contributed by atoms with E-state index in [1.807, 2.05) is 12.1 Å². The first-order chi connectivity index (χ1) is 13.0. The number of carbonyl (C=O) groups excluding carboxylic acids is 2. The molecule has 0 bridgehead atoms. The SMILES string of the molecule is C[Si](C)(C)C#Cc1cccc2c1C(=O)c1c(C#C[Si](C)(C)C)cccc1C2=O. The van der Waals surface area contributed by atoms with Crippen molar-refractivity contribution >= 4 is 27.7 Å². The molecule has 28 heavy (non-hydrogen) atoms. The number of carbonyl (C=O) groups is 2. The Kier molecular flexibility index (Phi) is 5.06. The molecule has 0 radical (unpaired) electrons. The Labute approximate surface area is 169 Å². The summed E-state index contributed by atoms with van der Waals surface area (Å²) >= 11 is 0. The molecule has 0 amide bonds. The fourth-order valence-corrected chi connectivity index (χ4v) is 3.98. The maximum absolute atomic E-state index is 13.5. The van der Waals surface area contributed by atoms with Crippen molar-refractivity contribution < 1.29 is 9.59 Å². The van der Waals surface area contributed by atoms with E-state index in [0.29, 0.717) is 33.4 Å². The van der Waals surface area contributed by atoms with Crippen LogP contribution < -0.4 is 0 Å². The zero-order chi connectivity index (χ0) is 20.7. The highest BCUT2D eigenvalue weighted by Gasteiger charge is 2.33. The number of hydrogen-bond donors (Lipinski definition) is 0. The Morgan fingerprint density at radius 1 is 0.607 bits per heavy atom. The molecule has 2 nitrogen and oxygen atoms in total. The van der Waals surface area contributed by atoms with Crippen LogP contribution in [0.2, 0.25) is 39.3 Å². The lowest BCUT2D eigenvalue weighted by Crippen LogP contribution is -2.24. The van der Waals surface area contributed by atoms with Gasteiger partial charge in [-0.1, -0.05) is 75.4 Å². The second-order valence-corrected chi connectivity index (χ2v) is 18.6. The van der Waals surface area contributed by atoms with Gasteiger partial charge in [0.25, 0.3) is 0 Å². The molecule has 140 valence electrons. The topological polar surface area (TPSA) is 34.1 Å². The van der Waals surface area contributed by atoms with E-state index in [9.17, 15) is 9.59 Å². The van der Waals surface area contributed by atoms with Crippen molar-refractivity contribution in [2.45, 2.75) is 39.3 Å². The van der Waals surface area contributed by atoms with Crippen molar-refractivity contribution in [2.24, 2.45) is 0 Å². The van der Waals surface area contributed by atoms with Crippen LogP contribution in [0.4, 0.5) is 0 Å². The number of rotatable bonds is 0. The first-order valence-corrected chi connectivity index (χ1v) is 16.4. The van der Waals surface area contributed by atoms with Gasteiger partial charge in [-0.05, 0) is 12.1 Å². The van der Waals surface area contributed by atoms with Gasteiger partial charge in [0.2, 0.25) is 0 Å². The molecule has 0 saturated carbocycles. The molecule has 0 unspecified atom stereocenters. The molecule has 0 aliphatic heterocycles. The summed E-state index contributed by atoms with van der Waals surface area (Å²) in [7, 11) is -3.23. The summed E-state index contributed by atoms with van der Waals surface area (Å²) < 4.78 is 0. The van der Waals surface area contributed by atoms with E-state index in [0.717, 1.165) is 0 Å². The van der Waals surface area contributed by atoms with Gasteiger partial charge in [-0.25, -0.2) is 0 Å². The summed E-state index contributed by atoms with van der Waals surface area (Å²) in [5.41, 5.74) is 9.62. The van der Waals surface area contributed by atoms with Crippen LogP contribution in [0.5, 0.6) is 0 Å². The van der Waals surface area contributed by atoms with Gasteiger partial charge < -0.3 is 0 Å². The van der Waals surface area contributed by atoms with E-state index in [4.69, 9.17) is 0 Å². The molecular weight excluding hydrogens is 376 g/mol. The van der Waals surface area contributed by atoms with Gasteiger partial charge in [0.05, 0.1) is 0 Å². The standard InChI is InChI=1S/C24H24O2Si2/c1-27(2,3)15-13-17-9-7-11-19-21(17)24(26)22-18(14-16-28(4,5)6)10-8-12-20(22)23(19)25/h7-12H,1-6H3. The van der Waals surface area contributed by atoms with Gasteiger partial charge in [0, 0.05) is 33.4 Å². The summed E-state index contributed by atoms with van der Waals surface area (Å²) in [4.78, 5) is 26.6. The van der Waals surface area contributed by atoms with Gasteiger partial charge >= 0.3 is 0 Å². The molecule has 4 heteroatoms. The molecule has 0 atom stereocenters. The largest absolute Gasteiger partial charge is 0.289 e. The zero-order valence-corrected chi connectivity index (χ0v) is 19.3. The predicted molar refractivity (Wildman–Crippen MR) is 120 cm³/mol. The fourth-order valence-electron chi connectivity index (χ4n) is 2.96. The van der Waals surface area contributed by atoms with Crippen molar-refractivity contribution in [1.82, 2.24) is 0 Å². The van der Waals surface area contributed by atoms with Crippen molar-refractivity contribution in [3.05, 3.63) is 69.8 Å². The second-order valence-electron chi connectivity index (χ2n) is 9.11. The van der Waals surface area contributed by atoms with E-state index >= 15 is 0 Å². The molecule has 0 N–H and O–H groups in total. The maximum Gasteiger partial charge on any atom is 0.197 e. The third-order valence-electron chi connectivity index (χ3n) is 4.22. The third kappa shape index (κ3) is 4.09. The van der Waals surface area contributed by atoms with Gasteiger partial charge in [-0.3, -0.25) is 9.59 Å². The highest BCUT2D eigenvalue weighted by molar-refractivity contribution is 6.84. The van der Waals surface area contributed by atoms with E-state index < -0.39 is 16.1 Å². The van der Waals surface area contributed by atoms with Crippen LogP contribution in [0.3, 0.4) is 0 Å². The summed E-state index contributed by atoms with van der Waals surface area (Å²) in [6.07, 6.45) is 0. The molecule has 2 aromatic carbocycles. The lowest BCUT2D eigenvalue weighted by molar-refractivity contribution is 0.0978. The van der Waals surface area contributed by atoms with Crippen LogP contribution in [0.1, 0.15) is 43.0 Å². The van der Waals surface area contributed by atoms with Crippen molar-refractivity contribution in [1.29, 1.82) is 0 Å². The van der Waals surface area contributed by atoms with E-state index in [1.54, 1.807) is 24.3 Å². The lowest BCUT2D eigenvalue weighted by Gasteiger charge is -2.20. The summed E-state index contributed by atoms with van der Waals surface area (Å²) in [6, 6.07) is 10.7. The van der Waals surface area contributed by atoms with Crippen molar-refractivity contribution in [2.75, 3.05) is 0 Å².